The van der Waals surface area contributed by atoms with Crippen molar-refractivity contribution in [3.05, 3.63) is 65.6 Å². The first-order chi connectivity index (χ1) is 17.2. The van der Waals surface area contributed by atoms with E-state index in [9.17, 15) is 0 Å². The maximum atomic E-state index is 5.30. The number of anilines is 1. The Morgan fingerprint density at radius 2 is 1.89 bits per heavy atom. The topological polar surface area (TPSA) is 63.2 Å². The van der Waals surface area contributed by atoms with Crippen LogP contribution >= 0.6 is 11.3 Å². The van der Waals surface area contributed by atoms with Gasteiger partial charge in [-0.05, 0) is 61.3 Å². The number of thiophene rings is 1. The number of ether oxygens (including phenoxy) is 1. The lowest BCUT2D eigenvalue weighted by atomic mass is 10.1. The largest absolute Gasteiger partial charge is 0.495 e. The summed E-state index contributed by atoms with van der Waals surface area (Å²) in [6.45, 7) is 0.880. The predicted octanol–water partition coefficient (Wildman–Crippen LogP) is 5.79. The van der Waals surface area contributed by atoms with Gasteiger partial charge in [0.25, 0.3) is 0 Å². The molecule has 6 rings (SSSR count). The Bertz CT molecular complexity index is 1320. The van der Waals surface area contributed by atoms with Gasteiger partial charge in [0.1, 0.15) is 22.7 Å². The molecule has 3 aromatic heterocycles. The summed E-state index contributed by atoms with van der Waals surface area (Å²) < 4.78 is 5.30. The molecule has 2 aliphatic carbocycles. The van der Waals surface area contributed by atoms with Gasteiger partial charge in [0, 0.05) is 42.3 Å². The third kappa shape index (κ3) is 4.75. The van der Waals surface area contributed by atoms with Crippen molar-refractivity contribution in [1.82, 2.24) is 20.3 Å². The third-order valence-electron chi connectivity index (χ3n) is 7.42. The summed E-state index contributed by atoms with van der Waals surface area (Å²) in [6, 6.07) is 14.1. The molecule has 0 unspecified atom stereocenters. The summed E-state index contributed by atoms with van der Waals surface area (Å²) in [5, 5.41) is 5.01. The van der Waals surface area contributed by atoms with Crippen molar-refractivity contribution in [1.29, 1.82) is 0 Å². The van der Waals surface area contributed by atoms with Crippen LogP contribution in [0, 0.1) is 0 Å². The minimum absolute atomic E-state index is 0.498. The number of nitrogens with one attached hydrogen (secondary N) is 1. The molecule has 0 aliphatic heterocycles. The van der Waals surface area contributed by atoms with Gasteiger partial charge in [-0.15, -0.1) is 11.3 Å². The standard InChI is InChI=1S/C28H31N5OS/c1-33(27-25-13-26(20-7-8-20)35-28(25)32-17-31-27)23-10-9-22(12-23)30-14-18-3-5-19(6-4-18)21-11-24(34-2)16-29-15-21/h3-6,11,13,15-17,20,22-23,30H,7-10,12,14H2,1-2H3/t22-,23+/m0/s1. The summed E-state index contributed by atoms with van der Waals surface area (Å²) >= 11 is 1.85. The van der Waals surface area contributed by atoms with Crippen molar-refractivity contribution in [2.45, 2.75) is 56.7 Å². The van der Waals surface area contributed by atoms with Gasteiger partial charge in [0.05, 0.1) is 18.7 Å². The number of methoxy groups -OCH3 is 1. The summed E-state index contributed by atoms with van der Waals surface area (Å²) in [6.07, 6.45) is 11.5. The van der Waals surface area contributed by atoms with Crippen LogP contribution in [0.4, 0.5) is 5.82 Å². The molecule has 0 spiro atoms. The van der Waals surface area contributed by atoms with Crippen molar-refractivity contribution in [2.75, 3.05) is 19.1 Å². The van der Waals surface area contributed by atoms with Crippen LogP contribution in [-0.4, -0.2) is 41.2 Å². The second-order valence-corrected chi connectivity index (χ2v) is 10.9. The zero-order chi connectivity index (χ0) is 23.8. The monoisotopic (exact) mass is 485 g/mol. The van der Waals surface area contributed by atoms with Gasteiger partial charge in [-0.25, -0.2) is 9.97 Å². The van der Waals surface area contributed by atoms with Gasteiger partial charge in [-0.1, -0.05) is 24.3 Å². The first kappa shape index (κ1) is 22.4. The number of aromatic nitrogens is 3. The average molecular weight is 486 g/mol. The van der Waals surface area contributed by atoms with E-state index in [1.807, 2.05) is 23.6 Å². The van der Waals surface area contributed by atoms with Crippen LogP contribution in [0.1, 0.15) is 48.5 Å². The molecule has 3 heterocycles. The van der Waals surface area contributed by atoms with Crippen LogP contribution in [0.2, 0.25) is 0 Å². The minimum atomic E-state index is 0.498. The van der Waals surface area contributed by atoms with E-state index in [-0.39, 0.29) is 0 Å². The van der Waals surface area contributed by atoms with Crippen LogP contribution in [-0.2, 0) is 6.54 Å². The molecule has 6 nitrogen and oxygen atoms in total. The molecule has 7 heteroatoms. The van der Waals surface area contributed by atoms with Gasteiger partial charge < -0.3 is 15.0 Å². The second-order valence-electron chi connectivity index (χ2n) is 9.81. The Labute approximate surface area is 210 Å². The quantitative estimate of drug-likeness (QED) is 0.341. The van der Waals surface area contributed by atoms with E-state index in [0.717, 1.165) is 46.4 Å². The van der Waals surface area contributed by atoms with Crippen LogP contribution in [0.25, 0.3) is 21.3 Å². The van der Waals surface area contributed by atoms with Crippen LogP contribution in [0.3, 0.4) is 0 Å². The molecule has 2 atom stereocenters. The number of hydrogen-bond donors (Lipinski definition) is 1. The smallest absolute Gasteiger partial charge is 0.140 e. The van der Waals surface area contributed by atoms with E-state index < -0.39 is 0 Å². The Morgan fingerprint density at radius 1 is 1.03 bits per heavy atom. The fourth-order valence-electron chi connectivity index (χ4n) is 5.15. The molecule has 0 amide bonds. The SMILES string of the molecule is COc1cncc(-c2ccc(CN[C@H]3CC[C@@H](N(C)c4ncnc5sc(C6CC6)cc45)C3)cc2)c1. The number of fused-ring (bicyclic) bond motifs is 1. The fourth-order valence-corrected chi connectivity index (χ4v) is 6.31. The molecular formula is C28H31N5OS. The van der Waals surface area contributed by atoms with Gasteiger partial charge >= 0.3 is 0 Å². The Kier molecular flexibility index (Phi) is 6.12. The Hall–Kier alpha value is -3.03. The van der Waals surface area contributed by atoms with Crippen molar-refractivity contribution in [2.24, 2.45) is 0 Å². The number of pyridine rings is 1. The number of nitrogens with zero attached hydrogens (tertiary/aromatic N) is 4. The van der Waals surface area contributed by atoms with Gasteiger partial charge in [-0.2, -0.15) is 0 Å². The lowest BCUT2D eigenvalue weighted by Gasteiger charge is -2.26. The van der Waals surface area contributed by atoms with E-state index in [1.54, 1.807) is 19.6 Å². The minimum Gasteiger partial charge on any atom is -0.495 e. The normalized spacial score (nSPS) is 19.8. The molecule has 0 saturated heterocycles. The molecule has 1 N–H and O–H groups in total. The van der Waals surface area contributed by atoms with Crippen LogP contribution in [0.5, 0.6) is 5.75 Å². The molecule has 0 bridgehead atoms. The first-order valence-electron chi connectivity index (χ1n) is 12.5. The lowest BCUT2D eigenvalue weighted by molar-refractivity contribution is 0.413. The fraction of sp³-hybridized carbons (Fsp3) is 0.393. The molecule has 2 fully saturated rings. The molecule has 35 heavy (non-hydrogen) atoms. The molecule has 0 radical (unpaired) electrons. The summed E-state index contributed by atoms with van der Waals surface area (Å²) in [4.78, 5) is 18.5. The molecule has 2 aliphatic rings. The van der Waals surface area contributed by atoms with Gasteiger partial charge in [0.2, 0.25) is 0 Å². The number of hydrogen-bond acceptors (Lipinski definition) is 7. The predicted molar refractivity (Wildman–Crippen MR) is 142 cm³/mol. The van der Waals surface area contributed by atoms with Crippen LogP contribution < -0.4 is 15.0 Å². The highest BCUT2D eigenvalue weighted by Crippen LogP contribution is 2.46. The summed E-state index contributed by atoms with van der Waals surface area (Å²) in [5.74, 6) is 2.62. The molecule has 2 saturated carbocycles. The van der Waals surface area contributed by atoms with E-state index in [2.05, 4.69) is 57.6 Å². The zero-order valence-corrected chi connectivity index (χ0v) is 21.1. The zero-order valence-electron chi connectivity index (χ0n) is 20.3. The molecular weight excluding hydrogens is 454 g/mol. The highest BCUT2D eigenvalue weighted by molar-refractivity contribution is 7.18. The first-order valence-corrected chi connectivity index (χ1v) is 13.3. The lowest BCUT2D eigenvalue weighted by Crippen LogP contribution is -2.33. The molecule has 1 aromatic carbocycles. The molecule has 180 valence electrons. The second kappa shape index (κ2) is 9.55. The van der Waals surface area contributed by atoms with E-state index in [0.29, 0.717) is 12.1 Å². The number of benzene rings is 1. The van der Waals surface area contributed by atoms with Crippen molar-refractivity contribution >= 4 is 27.4 Å². The van der Waals surface area contributed by atoms with Gasteiger partial charge in [-0.3, -0.25) is 4.98 Å². The highest BCUT2D eigenvalue weighted by Gasteiger charge is 2.30. The van der Waals surface area contributed by atoms with Crippen molar-refractivity contribution in [3.8, 4) is 16.9 Å². The van der Waals surface area contributed by atoms with Crippen molar-refractivity contribution < 1.29 is 4.74 Å². The summed E-state index contributed by atoms with van der Waals surface area (Å²) in [7, 11) is 3.87. The number of rotatable bonds is 8. The maximum Gasteiger partial charge on any atom is 0.140 e. The van der Waals surface area contributed by atoms with E-state index in [4.69, 9.17) is 9.72 Å². The van der Waals surface area contributed by atoms with E-state index in [1.165, 1.54) is 41.5 Å². The average Bonchev–Trinajstić information content (AvgIpc) is 3.48. The molecule has 4 aromatic rings. The van der Waals surface area contributed by atoms with Crippen LogP contribution in [0.15, 0.2) is 55.1 Å². The maximum absolute atomic E-state index is 5.30. The van der Waals surface area contributed by atoms with Gasteiger partial charge in [0.15, 0.2) is 0 Å². The Balaban J connectivity index is 1.07. The Morgan fingerprint density at radius 3 is 2.69 bits per heavy atom. The van der Waals surface area contributed by atoms with Crippen molar-refractivity contribution in [3.63, 3.8) is 0 Å². The summed E-state index contributed by atoms with van der Waals surface area (Å²) in [5.41, 5.74) is 3.51. The highest BCUT2D eigenvalue weighted by atomic mass is 32.1. The van der Waals surface area contributed by atoms with E-state index >= 15 is 0 Å². The third-order valence-corrected chi connectivity index (χ3v) is 8.63.